The summed E-state index contributed by atoms with van der Waals surface area (Å²) in [6, 6.07) is 0. The topological polar surface area (TPSA) is 0 Å². The van der Waals surface area contributed by atoms with E-state index in [1.165, 1.54) is 0 Å². The van der Waals surface area contributed by atoms with E-state index in [9.17, 15) is 0 Å². The van der Waals surface area contributed by atoms with Gasteiger partial charge in [0.1, 0.15) is 9.75 Å². The predicted octanol–water partition coefficient (Wildman–Crippen LogP) is 5.87. The molecule has 0 spiro atoms. The van der Waals surface area contributed by atoms with Crippen molar-refractivity contribution in [2.75, 3.05) is 0 Å². The molecule has 106 valence electrons. The van der Waals surface area contributed by atoms with Crippen molar-refractivity contribution in [3.63, 3.8) is 0 Å². The van der Waals surface area contributed by atoms with Crippen LogP contribution >= 0.6 is 85.5 Å². The number of alkyl halides is 5. The zero-order valence-corrected chi connectivity index (χ0v) is 15.6. The molecule has 0 N–H and O–H groups in total. The first kappa shape index (κ1) is 14.5. The highest BCUT2D eigenvalue weighted by molar-refractivity contribution is 9.09. The summed E-state index contributed by atoms with van der Waals surface area (Å²) in [6.07, 6.45) is 2.16. The van der Waals surface area contributed by atoms with Crippen LogP contribution in [0.3, 0.4) is 0 Å². The van der Waals surface area contributed by atoms with Crippen LogP contribution in [0, 0.1) is 23.7 Å². The molecular formula is C12H9BrCl6. The summed E-state index contributed by atoms with van der Waals surface area (Å²) in [7, 11) is 0. The molecule has 0 aromatic rings. The molecule has 4 bridgehead atoms. The largest absolute Gasteiger partial charge is 0.166 e. The minimum absolute atomic E-state index is 0.0831. The van der Waals surface area contributed by atoms with Crippen molar-refractivity contribution < 1.29 is 0 Å². The molecule has 0 nitrogen and oxygen atoms in total. The van der Waals surface area contributed by atoms with Crippen LogP contribution in [0.15, 0.2) is 10.1 Å². The van der Waals surface area contributed by atoms with E-state index < -0.39 is 14.1 Å². The van der Waals surface area contributed by atoms with Crippen molar-refractivity contribution in [1.82, 2.24) is 0 Å². The average molecular weight is 446 g/mol. The van der Waals surface area contributed by atoms with Crippen LogP contribution in [0.25, 0.3) is 0 Å². The first-order valence-electron chi connectivity index (χ1n) is 6.15. The quantitative estimate of drug-likeness (QED) is 0.323. The summed E-state index contributed by atoms with van der Waals surface area (Å²) in [5.74, 6) is 1.05. The Bertz CT molecular complexity index is 518. The van der Waals surface area contributed by atoms with Gasteiger partial charge < -0.3 is 0 Å². The van der Waals surface area contributed by atoms with Crippen LogP contribution in [0.4, 0.5) is 0 Å². The number of allylic oxidation sites excluding steroid dienone is 2. The van der Waals surface area contributed by atoms with Gasteiger partial charge in [0.05, 0.1) is 10.1 Å². The summed E-state index contributed by atoms with van der Waals surface area (Å²) in [6.45, 7) is 0. The Balaban J connectivity index is 1.99. The van der Waals surface area contributed by atoms with Gasteiger partial charge >= 0.3 is 0 Å². The molecule has 3 saturated carbocycles. The highest BCUT2D eigenvalue weighted by atomic mass is 79.9. The summed E-state index contributed by atoms with van der Waals surface area (Å²) >= 11 is 43.3. The Morgan fingerprint density at radius 3 is 2.00 bits per heavy atom. The number of fused-ring (bicyclic) bond motifs is 9. The minimum atomic E-state index is -1.36. The van der Waals surface area contributed by atoms with Crippen LogP contribution in [-0.2, 0) is 0 Å². The van der Waals surface area contributed by atoms with Gasteiger partial charge in [-0.2, -0.15) is 0 Å². The zero-order chi connectivity index (χ0) is 14.0. The fraction of sp³-hybridized carbons (Fsp3) is 0.833. The Hall–Kier alpha value is 1.96. The Morgan fingerprint density at radius 2 is 1.42 bits per heavy atom. The Morgan fingerprint density at radius 1 is 0.895 bits per heavy atom. The second kappa shape index (κ2) is 3.89. The first-order chi connectivity index (χ1) is 8.69. The van der Waals surface area contributed by atoms with E-state index in [0.29, 0.717) is 26.7 Å². The fourth-order valence-electron chi connectivity index (χ4n) is 4.97. The molecule has 0 amide bonds. The van der Waals surface area contributed by atoms with Gasteiger partial charge in [-0.25, -0.2) is 0 Å². The van der Waals surface area contributed by atoms with Gasteiger partial charge in [-0.05, 0) is 36.5 Å². The maximum absolute atomic E-state index is 6.84. The summed E-state index contributed by atoms with van der Waals surface area (Å²) in [5, 5.41) is 0.681. The molecule has 7 atom stereocenters. The molecule has 19 heavy (non-hydrogen) atoms. The SMILES string of the molecule is ClC1=C(Cl)[C@@]2(Cl)[C@@H]3[C@@H]4C[C@@H](C[C@@H]4Br)[C@H]3[C@@]1(Cl)C2(Cl)Cl. The van der Waals surface area contributed by atoms with Crippen molar-refractivity contribution in [2.24, 2.45) is 23.7 Å². The highest BCUT2D eigenvalue weighted by Crippen LogP contribution is 2.82. The van der Waals surface area contributed by atoms with E-state index in [1.54, 1.807) is 0 Å². The Labute approximate surface area is 150 Å². The molecule has 0 unspecified atom stereocenters. The van der Waals surface area contributed by atoms with E-state index in [-0.39, 0.29) is 11.8 Å². The van der Waals surface area contributed by atoms with Crippen molar-refractivity contribution >= 4 is 85.5 Å². The van der Waals surface area contributed by atoms with E-state index >= 15 is 0 Å². The molecule has 0 aliphatic heterocycles. The zero-order valence-electron chi connectivity index (χ0n) is 9.45. The lowest BCUT2D eigenvalue weighted by Crippen LogP contribution is -2.46. The third kappa shape index (κ3) is 1.24. The normalized spacial score (nSPS) is 61.1. The predicted molar refractivity (Wildman–Crippen MR) is 86.2 cm³/mol. The highest BCUT2D eigenvalue weighted by Gasteiger charge is 2.86. The molecule has 4 rings (SSSR count). The molecule has 4 aliphatic rings. The minimum Gasteiger partial charge on any atom is -0.109 e. The maximum atomic E-state index is 6.84. The molecule has 0 aromatic carbocycles. The third-order valence-electron chi connectivity index (χ3n) is 5.59. The van der Waals surface area contributed by atoms with Crippen LogP contribution in [0.1, 0.15) is 12.8 Å². The van der Waals surface area contributed by atoms with Crippen molar-refractivity contribution in [3.8, 4) is 0 Å². The lowest BCUT2D eigenvalue weighted by Gasteiger charge is -2.41. The van der Waals surface area contributed by atoms with Crippen LogP contribution in [0.2, 0.25) is 0 Å². The maximum Gasteiger partial charge on any atom is 0.166 e. The smallest absolute Gasteiger partial charge is 0.109 e. The lowest BCUT2D eigenvalue weighted by atomic mass is 9.72. The van der Waals surface area contributed by atoms with Gasteiger partial charge in [0.25, 0.3) is 0 Å². The van der Waals surface area contributed by atoms with Crippen LogP contribution in [-0.4, -0.2) is 18.9 Å². The number of hydrogen-bond acceptors (Lipinski definition) is 0. The van der Waals surface area contributed by atoms with Gasteiger partial charge in [-0.1, -0.05) is 62.3 Å². The molecule has 4 aliphatic carbocycles. The van der Waals surface area contributed by atoms with E-state index in [4.69, 9.17) is 69.6 Å². The molecule has 0 heterocycles. The van der Waals surface area contributed by atoms with Gasteiger partial charge in [-0.3, -0.25) is 0 Å². The van der Waals surface area contributed by atoms with Gasteiger partial charge in [0, 0.05) is 4.83 Å². The van der Waals surface area contributed by atoms with E-state index in [2.05, 4.69) is 15.9 Å². The number of halogens is 7. The first-order valence-corrected chi connectivity index (χ1v) is 9.33. The van der Waals surface area contributed by atoms with Crippen molar-refractivity contribution in [2.45, 2.75) is 31.8 Å². The average Bonchev–Trinajstić information content (AvgIpc) is 2.95. The summed E-state index contributed by atoms with van der Waals surface area (Å²) in [4.78, 5) is -1.68. The number of rotatable bonds is 0. The van der Waals surface area contributed by atoms with Gasteiger partial charge in [-0.15, -0.1) is 23.2 Å². The molecule has 3 fully saturated rings. The second-order valence-corrected chi connectivity index (χ2v) is 10.5. The molecule has 0 aromatic heterocycles. The fourth-order valence-corrected chi connectivity index (χ4v) is 9.14. The molecule has 0 saturated heterocycles. The van der Waals surface area contributed by atoms with Gasteiger partial charge in [0.15, 0.2) is 4.33 Å². The molecule has 0 radical (unpaired) electrons. The van der Waals surface area contributed by atoms with Gasteiger partial charge in [0.2, 0.25) is 0 Å². The third-order valence-corrected chi connectivity index (χ3v) is 10.9. The lowest BCUT2D eigenvalue weighted by molar-refractivity contribution is 0.226. The summed E-state index contributed by atoms with van der Waals surface area (Å²) < 4.78 is -1.36. The van der Waals surface area contributed by atoms with Crippen molar-refractivity contribution in [3.05, 3.63) is 10.1 Å². The standard InChI is InChI=1S/C12H9BrCl6/c13-5-2-3-1-4(5)7-6(3)10(16)8(14)9(15)11(7,17)12(10,18)19/h3-7H,1-2H2/t3-,4+,5-,6+,7+,10-,11-/m0/s1. The van der Waals surface area contributed by atoms with Crippen LogP contribution < -0.4 is 0 Å². The van der Waals surface area contributed by atoms with E-state index in [1.807, 2.05) is 0 Å². The number of hydrogen-bond donors (Lipinski definition) is 0. The van der Waals surface area contributed by atoms with E-state index in [0.717, 1.165) is 12.8 Å². The summed E-state index contributed by atoms with van der Waals surface area (Å²) in [5.41, 5.74) is 0. The van der Waals surface area contributed by atoms with Crippen molar-refractivity contribution in [1.29, 1.82) is 0 Å². The second-order valence-electron chi connectivity index (χ2n) is 6.09. The molecular weight excluding hydrogens is 437 g/mol. The molecule has 7 heteroatoms. The monoisotopic (exact) mass is 442 g/mol. The van der Waals surface area contributed by atoms with Crippen LogP contribution in [0.5, 0.6) is 0 Å². The Kier molecular flexibility index (Phi) is 2.98.